The van der Waals surface area contributed by atoms with Crippen molar-refractivity contribution < 1.29 is 9.84 Å². The molecule has 2 aromatic heterocycles. The van der Waals surface area contributed by atoms with E-state index in [1.54, 1.807) is 21.0 Å². The van der Waals surface area contributed by atoms with Crippen LogP contribution in [-0.4, -0.2) is 58.6 Å². The van der Waals surface area contributed by atoms with Gasteiger partial charge in [0.15, 0.2) is 5.82 Å². The lowest BCUT2D eigenvalue weighted by atomic mass is 10.1. The largest absolute Gasteiger partial charge is 0.491 e. The summed E-state index contributed by atoms with van der Waals surface area (Å²) >= 11 is 6.07. The minimum Gasteiger partial charge on any atom is -0.491 e. The first-order valence-corrected chi connectivity index (χ1v) is 12.5. The Balaban J connectivity index is 1.79. The molecule has 4 rings (SSSR count). The lowest BCUT2D eigenvalue weighted by molar-refractivity contribution is 0.108. The lowest BCUT2D eigenvalue weighted by Crippen LogP contribution is -2.29. The number of aliphatic hydroxyl groups is 1. The smallest absolute Gasteiger partial charge is 0.162 e. The normalized spacial score (nSPS) is 14.2. The van der Waals surface area contributed by atoms with E-state index in [1.165, 1.54) is 5.56 Å². The summed E-state index contributed by atoms with van der Waals surface area (Å²) in [5, 5.41) is 24.1. The number of rotatable bonds is 10. The number of likely N-dealkylation sites (N-methyl/N-ethyl adjacent to an activating group) is 1. The number of nitrogens with zero attached hydrogens (tertiary/aromatic N) is 4. The van der Waals surface area contributed by atoms with Gasteiger partial charge in [-0.1, -0.05) is 29.8 Å². The maximum atomic E-state index is 10.0. The van der Waals surface area contributed by atoms with E-state index in [9.17, 15) is 5.11 Å². The number of ether oxygens (including phenoxy) is 1. The number of hydrogen-bond donors (Lipinski definition) is 4. The van der Waals surface area contributed by atoms with Gasteiger partial charge in [0.2, 0.25) is 0 Å². The molecule has 194 valence electrons. The highest BCUT2D eigenvalue weighted by molar-refractivity contribution is 6.69. The highest BCUT2D eigenvalue weighted by Gasteiger charge is 2.26. The molecule has 0 bridgehead atoms. The molecular weight excluding hydrogens is 490 g/mol. The molecule has 4 N–H and O–H groups in total. The van der Waals surface area contributed by atoms with Crippen LogP contribution >= 0.6 is 11.6 Å². The second-order valence-electron chi connectivity index (χ2n) is 8.92. The lowest BCUT2D eigenvalue weighted by Gasteiger charge is -2.23. The van der Waals surface area contributed by atoms with Crippen molar-refractivity contribution in [2.45, 2.75) is 33.0 Å². The standard InChI is InChI=1S/C27H32ClN7O2/c1-16(25(28)29)23(31-4)24-17(2)27(35-13-19-8-6-10-32-22(19)14-35)34-26(33-24)18-7-5-9-21(11-18)37-15-20(36)12-30-3/h5-11,20,29-31,36H,12-15H2,1-4H3/b23-16-,29-25?/t20-/m1/s1. The fraction of sp³-hybridized carbons (Fsp3) is 0.333. The Morgan fingerprint density at radius 3 is 2.73 bits per heavy atom. The van der Waals surface area contributed by atoms with Gasteiger partial charge in [0.05, 0.1) is 23.6 Å². The second-order valence-corrected chi connectivity index (χ2v) is 9.30. The maximum absolute atomic E-state index is 10.0. The summed E-state index contributed by atoms with van der Waals surface area (Å²) in [6.45, 7) is 5.71. The van der Waals surface area contributed by atoms with Crippen molar-refractivity contribution in [1.29, 1.82) is 5.41 Å². The van der Waals surface area contributed by atoms with E-state index in [1.807, 2.05) is 43.5 Å². The molecule has 10 heteroatoms. The van der Waals surface area contributed by atoms with Crippen molar-refractivity contribution in [3.8, 4) is 17.1 Å². The van der Waals surface area contributed by atoms with Crippen LogP contribution in [0.2, 0.25) is 0 Å². The average Bonchev–Trinajstić information content (AvgIpc) is 3.33. The van der Waals surface area contributed by atoms with Gasteiger partial charge >= 0.3 is 0 Å². The minimum absolute atomic E-state index is 0.0567. The van der Waals surface area contributed by atoms with Gasteiger partial charge in [-0.2, -0.15) is 0 Å². The van der Waals surface area contributed by atoms with Crippen molar-refractivity contribution >= 4 is 28.3 Å². The number of hydrogen-bond acceptors (Lipinski definition) is 9. The van der Waals surface area contributed by atoms with Gasteiger partial charge in [-0.15, -0.1) is 0 Å². The monoisotopic (exact) mass is 521 g/mol. The van der Waals surface area contributed by atoms with Crippen LogP contribution in [0.1, 0.15) is 29.4 Å². The fourth-order valence-electron chi connectivity index (χ4n) is 4.34. The molecule has 0 amide bonds. The quantitative estimate of drug-likeness (QED) is 0.299. The van der Waals surface area contributed by atoms with E-state index in [4.69, 9.17) is 31.7 Å². The van der Waals surface area contributed by atoms with Crippen LogP contribution in [0.15, 0.2) is 48.2 Å². The molecule has 1 aromatic carbocycles. The van der Waals surface area contributed by atoms with Crippen LogP contribution in [0.5, 0.6) is 5.75 Å². The highest BCUT2D eigenvalue weighted by Crippen LogP contribution is 2.34. The van der Waals surface area contributed by atoms with Gasteiger partial charge in [0.1, 0.15) is 29.4 Å². The third-order valence-corrected chi connectivity index (χ3v) is 6.55. The topological polar surface area (TPSA) is 119 Å². The molecule has 3 heterocycles. The predicted molar refractivity (Wildman–Crippen MR) is 147 cm³/mol. The number of aliphatic hydroxyl groups excluding tert-OH is 1. The van der Waals surface area contributed by atoms with Crippen molar-refractivity contribution in [3.05, 3.63) is 70.7 Å². The molecule has 0 saturated carbocycles. The second kappa shape index (κ2) is 11.7. The number of anilines is 1. The van der Waals surface area contributed by atoms with E-state index in [0.29, 0.717) is 48.2 Å². The number of benzene rings is 1. The van der Waals surface area contributed by atoms with Crippen LogP contribution in [0.25, 0.3) is 17.1 Å². The van der Waals surface area contributed by atoms with Gasteiger partial charge in [-0.25, -0.2) is 9.97 Å². The summed E-state index contributed by atoms with van der Waals surface area (Å²) in [4.78, 5) is 16.6. The zero-order valence-corrected chi connectivity index (χ0v) is 22.2. The van der Waals surface area contributed by atoms with Gasteiger partial charge < -0.3 is 25.4 Å². The van der Waals surface area contributed by atoms with Gasteiger partial charge in [-0.3, -0.25) is 10.4 Å². The van der Waals surface area contributed by atoms with Crippen molar-refractivity contribution in [2.24, 2.45) is 0 Å². The summed E-state index contributed by atoms with van der Waals surface area (Å²) in [6, 6.07) is 11.5. The predicted octanol–water partition coefficient (Wildman–Crippen LogP) is 3.49. The Morgan fingerprint density at radius 1 is 1.22 bits per heavy atom. The third-order valence-electron chi connectivity index (χ3n) is 6.27. The molecule has 0 fully saturated rings. The molecule has 3 aromatic rings. The van der Waals surface area contributed by atoms with Crippen LogP contribution in [0.3, 0.4) is 0 Å². The third kappa shape index (κ3) is 5.90. The molecule has 1 aliphatic heterocycles. The molecule has 0 unspecified atom stereocenters. The summed E-state index contributed by atoms with van der Waals surface area (Å²) in [5.41, 5.74) is 5.77. The van der Waals surface area contributed by atoms with E-state index >= 15 is 0 Å². The average molecular weight is 522 g/mol. The Labute approximate surface area is 222 Å². The molecular formula is C27H32ClN7O2. The first-order chi connectivity index (χ1) is 17.8. The van der Waals surface area contributed by atoms with E-state index < -0.39 is 6.10 Å². The van der Waals surface area contributed by atoms with Crippen LogP contribution in [-0.2, 0) is 13.1 Å². The Kier molecular flexibility index (Phi) is 8.38. The number of halogens is 1. The first kappa shape index (κ1) is 26.5. The van der Waals surface area contributed by atoms with Crippen LogP contribution < -0.4 is 20.3 Å². The molecule has 9 nitrogen and oxygen atoms in total. The summed E-state index contributed by atoms with van der Waals surface area (Å²) in [7, 11) is 3.57. The number of fused-ring (bicyclic) bond motifs is 1. The van der Waals surface area contributed by atoms with Gasteiger partial charge in [0, 0.05) is 43.0 Å². The highest BCUT2D eigenvalue weighted by atomic mass is 35.5. The zero-order valence-electron chi connectivity index (χ0n) is 21.5. The summed E-state index contributed by atoms with van der Waals surface area (Å²) < 4.78 is 5.82. The number of aromatic nitrogens is 3. The Hall–Kier alpha value is -3.53. The number of allylic oxidation sites excluding steroid dienone is 1. The van der Waals surface area contributed by atoms with E-state index in [-0.39, 0.29) is 11.8 Å². The molecule has 0 saturated heterocycles. The fourth-order valence-corrected chi connectivity index (χ4v) is 4.43. The number of nitrogens with one attached hydrogen (secondary N) is 3. The van der Waals surface area contributed by atoms with Gasteiger partial charge in [-0.05, 0) is 44.7 Å². The minimum atomic E-state index is -0.620. The van der Waals surface area contributed by atoms with Crippen molar-refractivity contribution in [2.75, 3.05) is 32.1 Å². The van der Waals surface area contributed by atoms with Crippen molar-refractivity contribution in [3.63, 3.8) is 0 Å². The van der Waals surface area contributed by atoms with Crippen LogP contribution in [0.4, 0.5) is 5.82 Å². The zero-order chi connectivity index (χ0) is 26.5. The maximum Gasteiger partial charge on any atom is 0.162 e. The summed E-state index contributed by atoms with van der Waals surface area (Å²) in [5.74, 6) is 1.92. The molecule has 0 aliphatic carbocycles. The molecule has 1 aliphatic rings. The van der Waals surface area contributed by atoms with E-state index in [2.05, 4.69) is 26.6 Å². The SMILES string of the molecule is CNC[C@@H](O)COc1cccc(-c2nc(/C(NC)=C(\C)C(=N)Cl)c(C)c(N3Cc4cccnc4C3)n2)c1. The van der Waals surface area contributed by atoms with E-state index in [0.717, 1.165) is 22.6 Å². The molecule has 1 atom stereocenters. The Bertz CT molecular complexity index is 1300. The Morgan fingerprint density at radius 2 is 2.03 bits per heavy atom. The van der Waals surface area contributed by atoms with Crippen LogP contribution in [0, 0.1) is 12.3 Å². The summed E-state index contributed by atoms with van der Waals surface area (Å²) in [6.07, 6.45) is 1.19. The molecule has 0 radical (unpaired) electrons. The first-order valence-electron chi connectivity index (χ1n) is 12.1. The number of pyridine rings is 1. The molecule has 37 heavy (non-hydrogen) atoms. The van der Waals surface area contributed by atoms with Crippen molar-refractivity contribution in [1.82, 2.24) is 25.6 Å². The van der Waals surface area contributed by atoms with Gasteiger partial charge in [0.25, 0.3) is 0 Å². The molecule has 0 spiro atoms.